The van der Waals surface area contributed by atoms with E-state index in [1.807, 2.05) is 41.9 Å². The van der Waals surface area contributed by atoms with Crippen molar-refractivity contribution in [2.24, 2.45) is 0 Å². The molecular weight excluding hydrogens is 354 g/mol. The molecule has 0 radical (unpaired) electrons. The van der Waals surface area contributed by atoms with E-state index in [0.29, 0.717) is 24.2 Å². The molecule has 144 valence electrons. The maximum Gasteiger partial charge on any atom is 0.251 e. The number of hydrogen-bond donors (Lipinski definition) is 2. The third kappa shape index (κ3) is 3.80. The molecule has 1 aliphatic rings. The van der Waals surface area contributed by atoms with E-state index in [0.717, 1.165) is 17.9 Å². The monoisotopic (exact) mass is 377 g/mol. The van der Waals surface area contributed by atoms with Crippen LogP contribution >= 0.6 is 0 Å². The highest BCUT2D eigenvalue weighted by molar-refractivity contribution is 5.94. The second-order valence-electron chi connectivity index (χ2n) is 7.16. The van der Waals surface area contributed by atoms with Gasteiger partial charge in [-0.15, -0.1) is 0 Å². The minimum atomic E-state index is -0.570. The third-order valence-corrected chi connectivity index (χ3v) is 5.16. The molecule has 1 aliphatic carbocycles. The lowest BCUT2D eigenvalue weighted by atomic mass is 9.83. The van der Waals surface area contributed by atoms with Crippen LogP contribution in [0.3, 0.4) is 0 Å². The Morgan fingerprint density at radius 1 is 1.18 bits per heavy atom. The normalized spacial score (nSPS) is 22.0. The van der Waals surface area contributed by atoms with E-state index in [1.54, 1.807) is 24.5 Å². The van der Waals surface area contributed by atoms with Gasteiger partial charge in [-0.3, -0.25) is 9.78 Å². The third-order valence-electron chi connectivity index (χ3n) is 5.16. The van der Waals surface area contributed by atoms with Gasteiger partial charge >= 0.3 is 0 Å². The zero-order chi connectivity index (χ0) is 19.5. The lowest BCUT2D eigenvalue weighted by molar-refractivity contribution is 0.0670. The number of nitrogens with zero attached hydrogens (tertiary/aromatic N) is 4. The SMILES string of the molecule is Cc1nc([C@H]2CC[C@@H](O)[C@H](NC(=O)c3ccccc3)C2)n(-c2cccnc2)n1. The van der Waals surface area contributed by atoms with Gasteiger partial charge in [0.05, 0.1) is 24.0 Å². The molecule has 0 aliphatic heterocycles. The highest BCUT2D eigenvalue weighted by atomic mass is 16.3. The molecule has 4 rings (SSSR count). The number of pyridine rings is 1. The zero-order valence-electron chi connectivity index (χ0n) is 15.7. The van der Waals surface area contributed by atoms with Crippen LogP contribution in [0.2, 0.25) is 0 Å². The second kappa shape index (κ2) is 7.90. The molecule has 2 heterocycles. The smallest absolute Gasteiger partial charge is 0.251 e. The summed E-state index contributed by atoms with van der Waals surface area (Å²) in [4.78, 5) is 21.3. The van der Waals surface area contributed by atoms with E-state index < -0.39 is 6.10 Å². The fourth-order valence-corrected chi connectivity index (χ4v) is 3.75. The molecule has 2 N–H and O–H groups in total. The predicted octanol–water partition coefficient (Wildman–Crippen LogP) is 2.40. The quantitative estimate of drug-likeness (QED) is 0.728. The van der Waals surface area contributed by atoms with E-state index in [-0.39, 0.29) is 17.9 Å². The van der Waals surface area contributed by atoms with E-state index in [1.165, 1.54) is 0 Å². The van der Waals surface area contributed by atoms with Crippen molar-refractivity contribution in [3.8, 4) is 5.69 Å². The van der Waals surface area contributed by atoms with Gasteiger partial charge in [-0.25, -0.2) is 9.67 Å². The van der Waals surface area contributed by atoms with Crippen molar-refractivity contribution in [2.45, 2.75) is 44.2 Å². The van der Waals surface area contributed by atoms with E-state index in [4.69, 9.17) is 0 Å². The topological polar surface area (TPSA) is 92.9 Å². The highest BCUT2D eigenvalue weighted by Crippen LogP contribution is 2.33. The van der Waals surface area contributed by atoms with Crippen LogP contribution in [-0.4, -0.2) is 42.9 Å². The molecule has 1 saturated carbocycles. The molecule has 0 spiro atoms. The van der Waals surface area contributed by atoms with E-state index >= 15 is 0 Å². The average molecular weight is 377 g/mol. The summed E-state index contributed by atoms with van der Waals surface area (Å²) in [6, 6.07) is 12.5. The average Bonchev–Trinajstić information content (AvgIpc) is 3.12. The number of nitrogens with one attached hydrogen (secondary N) is 1. The van der Waals surface area contributed by atoms with E-state index in [2.05, 4.69) is 20.4 Å². The first-order valence-corrected chi connectivity index (χ1v) is 9.50. The minimum Gasteiger partial charge on any atom is -0.391 e. The van der Waals surface area contributed by atoms with Crippen LogP contribution in [0.4, 0.5) is 0 Å². The fraction of sp³-hybridized carbons (Fsp3) is 0.333. The number of aliphatic hydroxyl groups is 1. The number of carbonyl (C=O) groups excluding carboxylic acids is 1. The molecule has 28 heavy (non-hydrogen) atoms. The maximum absolute atomic E-state index is 12.5. The van der Waals surface area contributed by atoms with Crippen LogP contribution in [-0.2, 0) is 0 Å². The van der Waals surface area contributed by atoms with Crippen molar-refractivity contribution >= 4 is 5.91 Å². The zero-order valence-corrected chi connectivity index (χ0v) is 15.7. The first kappa shape index (κ1) is 18.3. The second-order valence-corrected chi connectivity index (χ2v) is 7.16. The summed E-state index contributed by atoms with van der Waals surface area (Å²) in [6.45, 7) is 1.86. The van der Waals surface area contributed by atoms with Gasteiger partial charge in [-0.2, -0.15) is 5.10 Å². The highest BCUT2D eigenvalue weighted by Gasteiger charge is 2.34. The summed E-state index contributed by atoms with van der Waals surface area (Å²) in [5.74, 6) is 1.45. The molecule has 1 aromatic carbocycles. The molecule has 7 heteroatoms. The summed E-state index contributed by atoms with van der Waals surface area (Å²) in [5, 5.41) is 18.0. The molecule has 2 aromatic heterocycles. The number of aryl methyl sites for hydroxylation is 1. The number of rotatable bonds is 4. The van der Waals surface area contributed by atoms with E-state index in [9.17, 15) is 9.90 Å². The lowest BCUT2D eigenvalue weighted by Gasteiger charge is -2.33. The Morgan fingerprint density at radius 2 is 2.00 bits per heavy atom. The fourth-order valence-electron chi connectivity index (χ4n) is 3.75. The number of amides is 1. The molecule has 3 aromatic rings. The number of aromatic nitrogens is 4. The van der Waals surface area contributed by atoms with Gasteiger partial charge in [0.15, 0.2) is 0 Å². The van der Waals surface area contributed by atoms with Crippen LogP contribution < -0.4 is 5.32 Å². The Labute approximate surface area is 163 Å². The van der Waals surface area contributed by atoms with Gasteiger partial charge in [0.25, 0.3) is 5.91 Å². The number of benzene rings is 1. The van der Waals surface area contributed by atoms with Gasteiger partial charge in [0.1, 0.15) is 11.6 Å². The summed E-state index contributed by atoms with van der Waals surface area (Å²) in [5.41, 5.74) is 1.44. The van der Waals surface area contributed by atoms with Crippen LogP contribution in [0.25, 0.3) is 5.69 Å². The van der Waals surface area contributed by atoms with Crippen molar-refractivity contribution in [2.75, 3.05) is 0 Å². The summed E-state index contributed by atoms with van der Waals surface area (Å²) in [6.07, 6.45) is 4.90. The molecule has 1 fully saturated rings. The van der Waals surface area contributed by atoms with Crippen molar-refractivity contribution in [1.82, 2.24) is 25.1 Å². The predicted molar refractivity (Wildman–Crippen MR) is 104 cm³/mol. The minimum absolute atomic E-state index is 0.0888. The molecule has 0 saturated heterocycles. The maximum atomic E-state index is 12.5. The molecular formula is C21H23N5O2. The van der Waals surface area contributed by atoms with Crippen LogP contribution in [0.1, 0.15) is 47.2 Å². The van der Waals surface area contributed by atoms with Crippen molar-refractivity contribution < 1.29 is 9.90 Å². The molecule has 7 nitrogen and oxygen atoms in total. The standard InChI is InChI=1S/C21H23N5O2/c1-14-23-20(26(25-14)17-8-5-11-22-13-17)16-9-10-19(27)18(12-16)24-21(28)15-6-3-2-4-7-15/h2-8,11,13,16,18-19,27H,9-10,12H2,1H3,(H,24,28)/t16-,18+,19+/m0/s1. The van der Waals surface area contributed by atoms with Crippen LogP contribution in [0, 0.1) is 6.92 Å². The summed E-state index contributed by atoms with van der Waals surface area (Å²) in [7, 11) is 0. The van der Waals surface area contributed by atoms with Gasteiger partial charge < -0.3 is 10.4 Å². The first-order chi connectivity index (χ1) is 13.6. The lowest BCUT2D eigenvalue weighted by Crippen LogP contribution is -2.47. The van der Waals surface area contributed by atoms with Gasteiger partial charge in [-0.1, -0.05) is 18.2 Å². The van der Waals surface area contributed by atoms with Gasteiger partial charge in [-0.05, 0) is 50.5 Å². The molecule has 0 bridgehead atoms. The van der Waals surface area contributed by atoms with Crippen molar-refractivity contribution in [3.63, 3.8) is 0 Å². The molecule has 3 atom stereocenters. The summed E-state index contributed by atoms with van der Waals surface area (Å²) >= 11 is 0. The van der Waals surface area contributed by atoms with Gasteiger partial charge in [0.2, 0.25) is 0 Å². The van der Waals surface area contributed by atoms with Gasteiger partial charge in [0, 0.05) is 17.7 Å². The number of aliphatic hydroxyl groups excluding tert-OH is 1. The largest absolute Gasteiger partial charge is 0.391 e. The van der Waals surface area contributed by atoms with Crippen LogP contribution in [0.15, 0.2) is 54.9 Å². The molecule has 0 unspecified atom stereocenters. The van der Waals surface area contributed by atoms with Crippen LogP contribution in [0.5, 0.6) is 0 Å². The number of carbonyl (C=O) groups is 1. The Balaban J connectivity index is 1.55. The molecule has 1 amide bonds. The Kier molecular flexibility index (Phi) is 5.16. The van der Waals surface area contributed by atoms with Crippen molar-refractivity contribution in [3.05, 3.63) is 72.1 Å². The Hall–Kier alpha value is -3.06. The Bertz CT molecular complexity index is 942. The summed E-state index contributed by atoms with van der Waals surface area (Å²) < 4.78 is 1.82. The Morgan fingerprint density at radius 3 is 2.75 bits per heavy atom. The first-order valence-electron chi connectivity index (χ1n) is 9.50. The van der Waals surface area contributed by atoms with Crippen molar-refractivity contribution in [1.29, 1.82) is 0 Å². The number of hydrogen-bond acceptors (Lipinski definition) is 5.